The Labute approximate surface area is 119 Å². The van der Waals surface area contributed by atoms with Crippen molar-refractivity contribution in [1.82, 2.24) is 20.2 Å². The zero-order valence-corrected chi connectivity index (χ0v) is 11.3. The Morgan fingerprint density at radius 2 is 2.14 bits per heavy atom. The van der Waals surface area contributed by atoms with Crippen molar-refractivity contribution in [2.75, 3.05) is 0 Å². The molecule has 0 spiro atoms. The van der Waals surface area contributed by atoms with E-state index in [1.807, 2.05) is 6.92 Å². The molecule has 0 aliphatic carbocycles. The van der Waals surface area contributed by atoms with Crippen molar-refractivity contribution in [3.05, 3.63) is 41.2 Å². The van der Waals surface area contributed by atoms with Crippen LogP contribution in [0.2, 0.25) is 0 Å². The van der Waals surface area contributed by atoms with E-state index in [2.05, 4.69) is 15.5 Å². The summed E-state index contributed by atoms with van der Waals surface area (Å²) in [5.74, 6) is -2.40. The number of carbonyl (C=O) groups is 1. The topological polar surface area (TPSA) is 80.9 Å². The lowest BCUT2D eigenvalue weighted by atomic mass is 10.1. The monoisotopic (exact) mass is 296 g/mol. The van der Waals surface area contributed by atoms with E-state index < -0.39 is 17.6 Å². The fourth-order valence-corrected chi connectivity index (χ4v) is 2.05. The maximum atomic E-state index is 13.2. The Balaban J connectivity index is 2.23. The SMILES string of the molecule is CCC(CC(=O)O)n1nnnc1Cc1ccc(F)c(F)c1. The van der Waals surface area contributed by atoms with Gasteiger partial charge in [0.05, 0.1) is 12.5 Å². The molecule has 1 unspecified atom stereocenters. The smallest absolute Gasteiger partial charge is 0.305 e. The molecule has 112 valence electrons. The zero-order chi connectivity index (χ0) is 15.4. The number of aromatic nitrogens is 4. The van der Waals surface area contributed by atoms with Crippen molar-refractivity contribution in [3.8, 4) is 0 Å². The lowest BCUT2D eigenvalue weighted by Gasteiger charge is -2.14. The molecule has 2 aromatic rings. The zero-order valence-electron chi connectivity index (χ0n) is 11.3. The lowest BCUT2D eigenvalue weighted by molar-refractivity contribution is -0.138. The third-order valence-corrected chi connectivity index (χ3v) is 3.13. The minimum atomic E-state index is -0.948. The Hall–Kier alpha value is -2.38. The van der Waals surface area contributed by atoms with E-state index in [1.54, 1.807) is 0 Å². The van der Waals surface area contributed by atoms with Crippen LogP contribution in [0.4, 0.5) is 8.78 Å². The van der Waals surface area contributed by atoms with E-state index in [9.17, 15) is 13.6 Å². The third kappa shape index (κ3) is 3.59. The van der Waals surface area contributed by atoms with Gasteiger partial charge in [-0.15, -0.1) is 5.10 Å². The Morgan fingerprint density at radius 3 is 2.76 bits per heavy atom. The summed E-state index contributed by atoms with van der Waals surface area (Å²) in [6, 6.07) is 3.17. The summed E-state index contributed by atoms with van der Waals surface area (Å²) in [7, 11) is 0. The van der Waals surface area contributed by atoms with Crippen LogP contribution in [0.25, 0.3) is 0 Å². The van der Waals surface area contributed by atoms with Gasteiger partial charge in [-0.05, 0) is 34.5 Å². The summed E-state index contributed by atoms with van der Waals surface area (Å²) >= 11 is 0. The summed E-state index contributed by atoms with van der Waals surface area (Å²) in [4.78, 5) is 10.8. The highest BCUT2D eigenvalue weighted by Gasteiger charge is 2.19. The highest BCUT2D eigenvalue weighted by Crippen LogP contribution is 2.18. The number of hydrogen-bond acceptors (Lipinski definition) is 4. The van der Waals surface area contributed by atoms with Crippen molar-refractivity contribution >= 4 is 5.97 Å². The lowest BCUT2D eigenvalue weighted by Crippen LogP contribution is -2.17. The summed E-state index contributed by atoms with van der Waals surface area (Å²) in [5.41, 5.74) is 0.509. The molecule has 8 heteroatoms. The number of nitrogens with zero attached hydrogens (tertiary/aromatic N) is 4. The van der Waals surface area contributed by atoms with Crippen LogP contribution < -0.4 is 0 Å². The predicted molar refractivity (Wildman–Crippen MR) is 68.6 cm³/mol. The molecular weight excluding hydrogens is 282 g/mol. The molecule has 1 heterocycles. The molecule has 0 saturated heterocycles. The molecule has 21 heavy (non-hydrogen) atoms. The van der Waals surface area contributed by atoms with E-state index in [1.165, 1.54) is 10.7 Å². The molecule has 0 aliphatic heterocycles. The highest BCUT2D eigenvalue weighted by molar-refractivity contribution is 5.67. The van der Waals surface area contributed by atoms with Gasteiger partial charge >= 0.3 is 5.97 Å². The standard InChI is InChI=1S/C13H14F2N4O2/c1-2-9(7-13(20)21)19-12(16-17-18-19)6-8-3-4-10(14)11(15)5-8/h3-5,9H,2,6-7H2,1H3,(H,20,21). The van der Waals surface area contributed by atoms with Gasteiger partial charge in [0.2, 0.25) is 0 Å². The number of hydrogen-bond donors (Lipinski definition) is 1. The molecule has 1 N–H and O–H groups in total. The number of carboxylic acid groups (broad SMARTS) is 1. The molecule has 0 aliphatic rings. The maximum Gasteiger partial charge on any atom is 0.305 e. The average molecular weight is 296 g/mol. The summed E-state index contributed by atoms with van der Waals surface area (Å²) in [5, 5.41) is 20.1. The van der Waals surface area contributed by atoms with E-state index in [4.69, 9.17) is 5.11 Å². The number of rotatable bonds is 6. The Kier molecular flexibility index (Phi) is 4.56. The van der Waals surface area contributed by atoms with E-state index >= 15 is 0 Å². The van der Waals surface area contributed by atoms with Crippen LogP contribution in [0, 0.1) is 11.6 Å². The number of tetrazole rings is 1. The van der Waals surface area contributed by atoms with Crippen molar-refractivity contribution in [3.63, 3.8) is 0 Å². The van der Waals surface area contributed by atoms with E-state index in [-0.39, 0.29) is 18.9 Å². The van der Waals surface area contributed by atoms with Gasteiger partial charge in [0.25, 0.3) is 0 Å². The van der Waals surface area contributed by atoms with Crippen LogP contribution in [0.1, 0.15) is 37.2 Å². The van der Waals surface area contributed by atoms with Crippen LogP contribution in [-0.4, -0.2) is 31.3 Å². The first-order chi connectivity index (χ1) is 10.0. The first kappa shape index (κ1) is 15.0. The fourth-order valence-electron chi connectivity index (χ4n) is 2.05. The first-order valence-corrected chi connectivity index (χ1v) is 6.43. The van der Waals surface area contributed by atoms with Crippen molar-refractivity contribution in [2.24, 2.45) is 0 Å². The van der Waals surface area contributed by atoms with Crippen LogP contribution in [0.3, 0.4) is 0 Å². The number of aliphatic carboxylic acids is 1. The van der Waals surface area contributed by atoms with E-state index in [0.29, 0.717) is 17.8 Å². The number of carboxylic acids is 1. The van der Waals surface area contributed by atoms with Gasteiger partial charge in [-0.3, -0.25) is 4.79 Å². The predicted octanol–water partition coefficient (Wildman–Crippen LogP) is 1.97. The molecular formula is C13H14F2N4O2. The van der Waals surface area contributed by atoms with Crippen LogP contribution in [0.5, 0.6) is 0 Å². The summed E-state index contributed by atoms with van der Waals surface area (Å²) in [6.45, 7) is 1.83. The van der Waals surface area contributed by atoms with E-state index in [0.717, 1.165) is 12.1 Å². The van der Waals surface area contributed by atoms with Gasteiger partial charge in [-0.1, -0.05) is 13.0 Å². The quantitative estimate of drug-likeness (QED) is 0.881. The molecule has 0 radical (unpaired) electrons. The second-order valence-electron chi connectivity index (χ2n) is 4.62. The maximum absolute atomic E-state index is 13.2. The first-order valence-electron chi connectivity index (χ1n) is 6.43. The molecule has 1 aromatic carbocycles. The highest BCUT2D eigenvalue weighted by atomic mass is 19.2. The molecule has 1 atom stereocenters. The fraction of sp³-hybridized carbons (Fsp3) is 0.385. The van der Waals surface area contributed by atoms with Crippen molar-refractivity contribution in [1.29, 1.82) is 0 Å². The molecule has 0 saturated carbocycles. The molecule has 6 nitrogen and oxygen atoms in total. The largest absolute Gasteiger partial charge is 0.481 e. The minimum absolute atomic E-state index is 0.105. The average Bonchev–Trinajstić information content (AvgIpc) is 2.88. The third-order valence-electron chi connectivity index (χ3n) is 3.13. The minimum Gasteiger partial charge on any atom is -0.481 e. The van der Waals surface area contributed by atoms with Crippen LogP contribution >= 0.6 is 0 Å². The molecule has 0 bridgehead atoms. The van der Waals surface area contributed by atoms with Crippen molar-refractivity contribution in [2.45, 2.75) is 32.2 Å². The summed E-state index contributed by atoms with van der Waals surface area (Å²) < 4.78 is 27.5. The van der Waals surface area contributed by atoms with Gasteiger partial charge in [0.1, 0.15) is 0 Å². The van der Waals surface area contributed by atoms with Crippen LogP contribution in [0.15, 0.2) is 18.2 Å². The van der Waals surface area contributed by atoms with Gasteiger partial charge in [-0.2, -0.15) is 0 Å². The Bertz CT molecular complexity index is 645. The molecule has 1 aromatic heterocycles. The normalized spacial score (nSPS) is 12.3. The number of benzene rings is 1. The van der Waals surface area contributed by atoms with Crippen molar-refractivity contribution < 1.29 is 18.7 Å². The molecule has 2 rings (SSSR count). The second-order valence-corrected chi connectivity index (χ2v) is 4.62. The Morgan fingerprint density at radius 1 is 1.38 bits per heavy atom. The molecule has 0 fully saturated rings. The number of halogens is 2. The van der Waals surface area contributed by atoms with Gasteiger partial charge in [0.15, 0.2) is 17.5 Å². The molecule has 0 amide bonds. The van der Waals surface area contributed by atoms with Gasteiger partial charge in [-0.25, -0.2) is 13.5 Å². The van der Waals surface area contributed by atoms with Crippen LogP contribution in [-0.2, 0) is 11.2 Å². The second kappa shape index (κ2) is 6.38. The van der Waals surface area contributed by atoms with Gasteiger partial charge < -0.3 is 5.11 Å². The van der Waals surface area contributed by atoms with Gasteiger partial charge in [0, 0.05) is 6.42 Å². The summed E-state index contributed by atoms with van der Waals surface area (Å²) in [6.07, 6.45) is 0.634.